The average molecular weight is 260 g/mol. The molecule has 1 aromatic carbocycles. The number of aromatic nitrogens is 2. The molecule has 2 rings (SSSR count). The molecule has 1 N–H and O–H groups in total. The predicted molar refractivity (Wildman–Crippen MR) is 73.7 cm³/mol. The van der Waals surface area contributed by atoms with E-state index in [4.69, 9.17) is 0 Å². The van der Waals surface area contributed by atoms with Crippen LogP contribution < -0.4 is 5.32 Å². The monoisotopic (exact) mass is 260 g/mol. The predicted octanol–water partition coefficient (Wildman–Crippen LogP) is 2.91. The highest BCUT2D eigenvalue weighted by molar-refractivity contribution is 5.58. The lowest BCUT2D eigenvalue weighted by molar-refractivity contribution is -0.384. The summed E-state index contributed by atoms with van der Waals surface area (Å²) in [5.74, 6) is 0. The molecule has 0 aliphatic heterocycles. The molecule has 1 heterocycles. The highest BCUT2D eigenvalue weighted by atomic mass is 16.6. The van der Waals surface area contributed by atoms with Crippen LogP contribution in [0.3, 0.4) is 0 Å². The van der Waals surface area contributed by atoms with Gasteiger partial charge in [-0.3, -0.25) is 10.1 Å². The van der Waals surface area contributed by atoms with Gasteiger partial charge in [-0.05, 0) is 25.5 Å². The van der Waals surface area contributed by atoms with Crippen LogP contribution in [0.2, 0.25) is 0 Å². The van der Waals surface area contributed by atoms with Crippen molar-refractivity contribution in [2.24, 2.45) is 0 Å². The second kappa shape index (κ2) is 5.51. The number of hydrogen-bond acceptors (Lipinski definition) is 4. The van der Waals surface area contributed by atoms with Crippen LogP contribution in [0.5, 0.6) is 0 Å². The molecule has 6 heteroatoms. The molecule has 0 aliphatic rings. The second-order valence-corrected chi connectivity index (χ2v) is 4.32. The first-order chi connectivity index (χ1) is 9.10. The molecular weight excluding hydrogens is 244 g/mol. The molecule has 100 valence electrons. The van der Waals surface area contributed by atoms with Crippen molar-refractivity contribution >= 4 is 11.4 Å². The first-order valence-corrected chi connectivity index (χ1v) is 6.16. The van der Waals surface area contributed by atoms with Gasteiger partial charge in [-0.25, -0.2) is 4.68 Å². The molecule has 0 aliphatic carbocycles. The zero-order valence-electron chi connectivity index (χ0n) is 11.0. The Labute approximate surface area is 111 Å². The van der Waals surface area contributed by atoms with Crippen molar-refractivity contribution in [1.82, 2.24) is 9.78 Å². The van der Waals surface area contributed by atoms with Crippen LogP contribution in [-0.4, -0.2) is 21.2 Å². The van der Waals surface area contributed by atoms with Crippen molar-refractivity contribution < 1.29 is 4.92 Å². The van der Waals surface area contributed by atoms with E-state index in [-0.39, 0.29) is 5.69 Å². The molecule has 0 radical (unpaired) electrons. The summed E-state index contributed by atoms with van der Waals surface area (Å²) < 4.78 is 1.64. The fourth-order valence-electron chi connectivity index (χ4n) is 1.76. The lowest BCUT2D eigenvalue weighted by atomic mass is 10.2. The van der Waals surface area contributed by atoms with Gasteiger partial charge in [-0.15, -0.1) is 0 Å². The van der Waals surface area contributed by atoms with Crippen molar-refractivity contribution in [2.45, 2.75) is 20.3 Å². The highest BCUT2D eigenvalue weighted by Gasteiger charge is 2.11. The maximum absolute atomic E-state index is 11.0. The van der Waals surface area contributed by atoms with Gasteiger partial charge in [0, 0.05) is 30.6 Å². The van der Waals surface area contributed by atoms with Crippen molar-refractivity contribution in [1.29, 1.82) is 0 Å². The Morgan fingerprint density at radius 3 is 2.79 bits per heavy atom. The molecule has 0 fully saturated rings. The smallest absolute Gasteiger partial charge is 0.273 e. The number of benzene rings is 1. The summed E-state index contributed by atoms with van der Waals surface area (Å²) in [7, 11) is 0. The molecule has 0 bridgehead atoms. The lowest BCUT2D eigenvalue weighted by Crippen LogP contribution is -2.03. The van der Waals surface area contributed by atoms with Crippen molar-refractivity contribution in [3.63, 3.8) is 0 Å². The third kappa shape index (κ3) is 3.09. The van der Waals surface area contributed by atoms with E-state index in [0.717, 1.165) is 24.3 Å². The van der Waals surface area contributed by atoms with Crippen molar-refractivity contribution in [3.05, 3.63) is 46.3 Å². The van der Waals surface area contributed by atoms with E-state index < -0.39 is 4.92 Å². The summed E-state index contributed by atoms with van der Waals surface area (Å²) in [5.41, 5.74) is 2.35. The van der Waals surface area contributed by atoms with E-state index in [1.165, 1.54) is 12.1 Å². The van der Waals surface area contributed by atoms with Crippen LogP contribution in [-0.2, 0) is 0 Å². The molecular formula is C13H16N4O2. The quantitative estimate of drug-likeness (QED) is 0.662. The van der Waals surface area contributed by atoms with Gasteiger partial charge < -0.3 is 5.32 Å². The van der Waals surface area contributed by atoms with Crippen LogP contribution >= 0.6 is 0 Å². The largest absolute Gasteiger partial charge is 0.385 e. The van der Waals surface area contributed by atoms with Gasteiger partial charge >= 0.3 is 0 Å². The van der Waals surface area contributed by atoms with E-state index in [2.05, 4.69) is 10.4 Å². The van der Waals surface area contributed by atoms with Crippen LogP contribution in [0, 0.1) is 17.0 Å². The Balaban J connectivity index is 2.41. The molecule has 0 unspecified atom stereocenters. The molecule has 0 amide bonds. The molecule has 19 heavy (non-hydrogen) atoms. The van der Waals surface area contributed by atoms with Crippen LogP contribution in [0.4, 0.5) is 11.4 Å². The second-order valence-electron chi connectivity index (χ2n) is 4.32. The number of hydrogen-bond donors (Lipinski definition) is 1. The van der Waals surface area contributed by atoms with Crippen LogP contribution in [0.25, 0.3) is 5.69 Å². The Morgan fingerprint density at radius 2 is 2.21 bits per heavy atom. The summed E-state index contributed by atoms with van der Waals surface area (Å²) in [6.45, 7) is 4.70. The number of nitro benzene ring substituents is 1. The number of rotatable bonds is 5. The number of non-ortho nitro benzene ring substituents is 1. The molecule has 0 spiro atoms. The summed E-state index contributed by atoms with van der Waals surface area (Å²) in [4.78, 5) is 10.6. The zero-order valence-corrected chi connectivity index (χ0v) is 11.0. The van der Waals surface area contributed by atoms with Gasteiger partial charge in [-0.1, -0.05) is 6.92 Å². The molecule has 1 aromatic heterocycles. The van der Waals surface area contributed by atoms with Crippen LogP contribution in [0.15, 0.2) is 30.5 Å². The SMILES string of the molecule is CCCNc1cc(-n2ccc(C)n2)cc([N+](=O)[O-])c1. The Hall–Kier alpha value is -2.37. The first kappa shape index (κ1) is 13.1. The number of nitro groups is 1. The summed E-state index contributed by atoms with van der Waals surface area (Å²) in [6, 6.07) is 6.77. The molecule has 0 atom stereocenters. The van der Waals surface area contributed by atoms with Gasteiger partial charge in [0.15, 0.2) is 0 Å². The van der Waals surface area contributed by atoms with Crippen molar-refractivity contribution in [3.8, 4) is 5.69 Å². The Kier molecular flexibility index (Phi) is 3.79. The average Bonchev–Trinajstić information content (AvgIpc) is 2.82. The van der Waals surface area contributed by atoms with Gasteiger partial charge in [0.25, 0.3) is 5.69 Å². The lowest BCUT2D eigenvalue weighted by Gasteiger charge is -2.08. The van der Waals surface area contributed by atoms with Crippen molar-refractivity contribution in [2.75, 3.05) is 11.9 Å². The van der Waals surface area contributed by atoms with E-state index in [0.29, 0.717) is 5.69 Å². The molecule has 6 nitrogen and oxygen atoms in total. The third-order valence-corrected chi connectivity index (χ3v) is 2.68. The fraction of sp³-hybridized carbons (Fsp3) is 0.308. The number of nitrogens with zero attached hydrogens (tertiary/aromatic N) is 3. The summed E-state index contributed by atoms with van der Waals surface area (Å²) in [6.07, 6.45) is 2.75. The van der Waals surface area contributed by atoms with E-state index in [9.17, 15) is 10.1 Å². The maximum atomic E-state index is 11.0. The minimum Gasteiger partial charge on any atom is -0.385 e. The van der Waals surface area contributed by atoms with Gasteiger partial charge in [0.1, 0.15) is 0 Å². The summed E-state index contributed by atoms with van der Waals surface area (Å²) in [5, 5.41) is 18.4. The number of aryl methyl sites for hydroxylation is 1. The topological polar surface area (TPSA) is 73.0 Å². The van der Waals surface area contributed by atoms with Crippen LogP contribution in [0.1, 0.15) is 19.0 Å². The Morgan fingerprint density at radius 1 is 1.42 bits per heavy atom. The van der Waals surface area contributed by atoms with E-state index >= 15 is 0 Å². The molecule has 2 aromatic rings. The normalized spacial score (nSPS) is 10.4. The van der Waals surface area contributed by atoms with E-state index in [1.54, 1.807) is 10.9 Å². The fourth-order valence-corrected chi connectivity index (χ4v) is 1.76. The minimum atomic E-state index is -0.392. The van der Waals surface area contributed by atoms with Gasteiger partial charge in [-0.2, -0.15) is 5.10 Å². The first-order valence-electron chi connectivity index (χ1n) is 6.16. The van der Waals surface area contributed by atoms with E-state index in [1.807, 2.05) is 26.0 Å². The zero-order chi connectivity index (χ0) is 13.8. The standard InChI is InChI=1S/C13H16N4O2/c1-3-5-14-11-7-12(9-13(8-11)17(18)19)16-6-4-10(2)15-16/h4,6-9,14H,3,5H2,1-2H3. The van der Waals surface area contributed by atoms with Gasteiger partial charge in [0.2, 0.25) is 0 Å². The van der Waals surface area contributed by atoms with Gasteiger partial charge in [0.05, 0.1) is 16.3 Å². The minimum absolute atomic E-state index is 0.0595. The number of anilines is 1. The number of nitrogens with one attached hydrogen (secondary N) is 1. The third-order valence-electron chi connectivity index (χ3n) is 2.68. The Bertz CT molecular complexity index is 592. The summed E-state index contributed by atoms with van der Waals surface area (Å²) >= 11 is 0. The molecule has 0 saturated carbocycles. The molecule has 0 saturated heterocycles. The maximum Gasteiger partial charge on any atom is 0.273 e. The highest BCUT2D eigenvalue weighted by Crippen LogP contribution is 2.23.